The molecule has 1 aliphatic rings. The smallest absolute Gasteiger partial charge is 0.220 e. The fourth-order valence-corrected chi connectivity index (χ4v) is 3.19. The second-order valence-electron chi connectivity index (χ2n) is 6.06. The molecule has 0 fully saturated rings. The van der Waals surface area contributed by atoms with Crippen LogP contribution in [0.5, 0.6) is 11.5 Å². The highest BCUT2D eigenvalue weighted by Crippen LogP contribution is 2.31. The number of carbonyl (C=O) groups excluding carboxylic acids is 2. The summed E-state index contributed by atoms with van der Waals surface area (Å²) in [7, 11) is 1.50. The van der Waals surface area contributed by atoms with Crippen LogP contribution < -0.4 is 14.8 Å². The maximum atomic E-state index is 12.4. The van der Waals surface area contributed by atoms with E-state index in [0.29, 0.717) is 29.4 Å². The minimum atomic E-state index is -0.174. The van der Waals surface area contributed by atoms with Gasteiger partial charge in [-0.05, 0) is 24.3 Å². The van der Waals surface area contributed by atoms with Crippen LogP contribution in [0.2, 0.25) is 5.02 Å². The molecule has 6 heteroatoms. The quantitative estimate of drug-likeness (QED) is 0.778. The van der Waals surface area contributed by atoms with Crippen molar-refractivity contribution in [1.29, 1.82) is 0 Å². The number of fused-ring (bicyclic) bond motifs is 1. The summed E-state index contributed by atoms with van der Waals surface area (Å²) in [5, 5.41) is 3.45. The molecule has 1 unspecified atom stereocenters. The number of ketones is 1. The third-order valence-electron chi connectivity index (χ3n) is 4.33. The van der Waals surface area contributed by atoms with Gasteiger partial charge in [-0.25, -0.2) is 0 Å². The number of carbonyl (C=O) groups is 2. The summed E-state index contributed by atoms with van der Waals surface area (Å²) < 4.78 is 10.8. The predicted molar refractivity (Wildman–Crippen MR) is 99.0 cm³/mol. The molecule has 2 aromatic rings. The molecular formula is C20H20ClNO4. The van der Waals surface area contributed by atoms with Crippen molar-refractivity contribution < 1.29 is 19.1 Å². The van der Waals surface area contributed by atoms with Gasteiger partial charge in [0.15, 0.2) is 5.78 Å². The van der Waals surface area contributed by atoms with Crippen molar-refractivity contribution in [2.45, 2.75) is 25.3 Å². The maximum absolute atomic E-state index is 12.4. The fraction of sp³-hybridized carbons (Fsp3) is 0.300. The monoisotopic (exact) mass is 373 g/mol. The normalized spacial score (nSPS) is 15.5. The molecule has 0 saturated carbocycles. The lowest BCUT2D eigenvalue weighted by molar-refractivity contribution is -0.122. The van der Waals surface area contributed by atoms with Gasteiger partial charge in [-0.2, -0.15) is 0 Å². The molecule has 0 aromatic heterocycles. The Hall–Kier alpha value is -2.53. The minimum Gasteiger partial charge on any atom is -0.496 e. The zero-order valence-electron chi connectivity index (χ0n) is 14.5. The highest BCUT2D eigenvalue weighted by Gasteiger charge is 2.23. The van der Waals surface area contributed by atoms with Gasteiger partial charge in [0.1, 0.15) is 11.5 Å². The van der Waals surface area contributed by atoms with Gasteiger partial charge in [-0.3, -0.25) is 9.59 Å². The van der Waals surface area contributed by atoms with Gasteiger partial charge in [0.2, 0.25) is 5.91 Å². The fourth-order valence-electron chi connectivity index (χ4n) is 3.02. The molecule has 5 nitrogen and oxygen atoms in total. The molecule has 0 bridgehead atoms. The van der Waals surface area contributed by atoms with E-state index in [1.807, 2.05) is 24.3 Å². The number of benzene rings is 2. The number of nitrogens with one attached hydrogen (secondary N) is 1. The molecule has 3 rings (SSSR count). The number of Topliss-reactive ketones (excluding diaryl/α,β-unsaturated/α-hetero) is 1. The maximum Gasteiger partial charge on any atom is 0.220 e. The first-order valence-electron chi connectivity index (χ1n) is 8.46. The van der Waals surface area contributed by atoms with Gasteiger partial charge in [0.05, 0.1) is 25.3 Å². The largest absolute Gasteiger partial charge is 0.496 e. The van der Waals surface area contributed by atoms with Crippen molar-refractivity contribution in [3.8, 4) is 11.5 Å². The molecule has 1 aliphatic heterocycles. The summed E-state index contributed by atoms with van der Waals surface area (Å²) in [6.07, 6.45) is 0.903. The van der Waals surface area contributed by atoms with E-state index < -0.39 is 0 Å². The Balaban J connectivity index is 1.60. The number of amides is 1. The van der Waals surface area contributed by atoms with E-state index in [4.69, 9.17) is 21.1 Å². The van der Waals surface area contributed by atoms with Crippen LogP contribution in [0.15, 0.2) is 42.5 Å². The molecule has 1 amide bonds. The Kier molecular flexibility index (Phi) is 5.78. The number of ether oxygens (including phenoxy) is 2. The Morgan fingerprint density at radius 1 is 1.23 bits per heavy atom. The van der Waals surface area contributed by atoms with Crippen LogP contribution in [-0.2, 0) is 4.79 Å². The van der Waals surface area contributed by atoms with E-state index in [9.17, 15) is 9.59 Å². The van der Waals surface area contributed by atoms with Crippen molar-refractivity contribution in [1.82, 2.24) is 5.32 Å². The zero-order valence-corrected chi connectivity index (χ0v) is 15.2. The Morgan fingerprint density at radius 3 is 2.85 bits per heavy atom. The van der Waals surface area contributed by atoms with Crippen molar-refractivity contribution in [3.63, 3.8) is 0 Å². The van der Waals surface area contributed by atoms with E-state index in [2.05, 4.69) is 5.32 Å². The first-order valence-corrected chi connectivity index (χ1v) is 8.84. The van der Waals surface area contributed by atoms with Gasteiger partial charge < -0.3 is 14.8 Å². The van der Waals surface area contributed by atoms with Crippen LogP contribution in [0.3, 0.4) is 0 Å². The summed E-state index contributed by atoms with van der Waals surface area (Å²) in [6.45, 7) is 0.556. The molecule has 26 heavy (non-hydrogen) atoms. The van der Waals surface area contributed by atoms with E-state index in [1.165, 1.54) is 7.11 Å². The summed E-state index contributed by atoms with van der Waals surface area (Å²) in [5.41, 5.74) is 1.36. The molecule has 2 aromatic carbocycles. The van der Waals surface area contributed by atoms with E-state index >= 15 is 0 Å². The van der Waals surface area contributed by atoms with Crippen molar-refractivity contribution >= 4 is 23.3 Å². The third kappa shape index (κ3) is 4.17. The lowest BCUT2D eigenvalue weighted by Gasteiger charge is -2.26. The number of rotatable bonds is 6. The van der Waals surface area contributed by atoms with Crippen molar-refractivity contribution in [2.75, 3.05) is 13.7 Å². The average Bonchev–Trinajstić information content (AvgIpc) is 2.66. The van der Waals surface area contributed by atoms with E-state index in [0.717, 1.165) is 11.3 Å². The summed E-state index contributed by atoms with van der Waals surface area (Å²) in [4.78, 5) is 24.7. The topological polar surface area (TPSA) is 64.6 Å². The molecule has 0 spiro atoms. The number of hydrogen-bond acceptors (Lipinski definition) is 4. The summed E-state index contributed by atoms with van der Waals surface area (Å²) in [6, 6.07) is 12.4. The zero-order chi connectivity index (χ0) is 18.5. The van der Waals surface area contributed by atoms with Crippen LogP contribution in [0.1, 0.15) is 41.2 Å². The first-order chi connectivity index (χ1) is 12.6. The molecular weight excluding hydrogens is 354 g/mol. The van der Waals surface area contributed by atoms with Gasteiger partial charge in [-0.1, -0.05) is 29.8 Å². The Morgan fingerprint density at radius 2 is 2.04 bits per heavy atom. The van der Waals surface area contributed by atoms with Gasteiger partial charge in [-0.15, -0.1) is 0 Å². The molecule has 1 N–H and O–H groups in total. The predicted octanol–water partition coefficient (Wildman–Crippen LogP) is 3.95. The van der Waals surface area contributed by atoms with E-state index in [1.54, 1.807) is 18.2 Å². The van der Waals surface area contributed by atoms with Crippen LogP contribution >= 0.6 is 11.6 Å². The molecule has 1 heterocycles. The molecule has 136 valence electrons. The molecule has 0 saturated heterocycles. The first kappa shape index (κ1) is 18.3. The van der Waals surface area contributed by atoms with Gasteiger partial charge >= 0.3 is 0 Å². The number of hydrogen-bond donors (Lipinski definition) is 1. The third-order valence-corrected chi connectivity index (χ3v) is 4.57. The number of para-hydroxylation sites is 1. The molecule has 1 atom stereocenters. The lowest BCUT2D eigenvalue weighted by Crippen LogP contribution is -2.32. The summed E-state index contributed by atoms with van der Waals surface area (Å²) in [5.74, 6) is 0.912. The molecule has 0 radical (unpaired) electrons. The van der Waals surface area contributed by atoms with E-state index in [-0.39, 0.29) is 30.6 Å². The van der Waals surface area contributed by atoms with Gasteiger partial charge in [0.25, 0.3) is 0 Å². The van der Waals surface area contributed by atoms with Crippen molar-refractivity contribution in [2.24, 2.45) is 0 Å². The second-order valence-corrected chi connectivity index (χ2v) is 6.50. The van der Waals surface area contributed by atoms with Crippen LogP contribution in [0.4, 0.5) is 0 Å². The number of methoxy groups -OCH3 is 1. The highest BCUT2D eigenvalue weighted by atomic mass is 35.5. The van der Waals surface area contributed by atoms with Crippen LogP contribution in [0.25, 0.3) is 0 Å². The Bertz CT molecular complexity index is 821. The second kappa shape index (κ2) is 8.23. The van der Waals surface area contributed by atoms with Crippen molar-refractivity contribution in [3.05, 3.63) is 58.6 Å². The summed E-state index contributed by atoms with van der Waals surface area (Å²) >= 11 is 5.96. The molecule has 0 aliphatic carbocycles. The minimum absolute atomic E-state index is 0.0907. The highest BCUT2D eigenvalue weighted by molar-refractivity contribution is 6.31. The average molecular weight is 374 g/mol. The lowest BCUT2D eigenvalue weighted by atomic mass is 10.00. The van der Waals surface area contributed by atoms with Crippen LogP contribution in [0, 0.1) is 0 Å². The Labute approximate surface area is 157 Å². The SMILES string of the molecule is COc1ccc(Cl)cc1C(=O)CCC(=O)NC1CCOc2ccccc21. The van der Waals surface area contributed by atoms with Gasteiger partial charge in [0, 0.05) is 29.8 Å². The number of halogens is 1. The standard InChI is InChI=1S/C20H20ClNO4/c1-25-18-8-6-13(21)12-15(18)17(23)7-9-20(24)22-16-10-11-26-19-5-3-2-4-14(16)19/h2-6,8,12,16H,7,9-11H2,1H3,(H,22,24). The van der Waals surface area contributed by atoms with Crippen LogP contribution in [-0.4, -0.2) is 25.4 Å².